The average Bonchev–Trinajstić information content (AvgIpc) is 3.37. The van der Waals surface area contributed by atoms with Gasteiger partial charge >= 0.3 is 5.97 Å². The summed E-state index contributed by atoms with van der Waals surface area (Å²) in [5.74, 6) is -0.964. The van der Waals surface area contributed by atoms with Crippen molar-refractivity contribution in [2.75, 3.05) is 27.2 Å². The van der Waals surface area contributed by atoms with Crippen LogP contribution in [0.1, 0.15) is 80.6 Å². The monoisotopic (exact) mass is 534 g/mol. The van der Waals surface area contributed by atoms with E-state index in [1.54, 1.807) is 23.8 Å². The Morgan fingerprint density at radius 1 is 0.921 bits per heavy atom. The highest BCUT2D eigenvalue weighted by atomic mass is 16.5. The number of ether oxygens (including phenoxy) is 1. The molecule has 2 rings (SSSR count). The van der Waals surface area contributed by atoms with Crippen molar-refractivity contribution in [3.8, 4) is 0 Å². The topological polar surface area (TPSA) is 99.3 Å². The van der Waals surface area contributed by atoms with E-state index in [-0.39, 0.29) is 47.7 Å². The van der Waals surface area contributed by atoms with Crippen LogP contribution in [-0.4, -0.2) is 95.8 Å². The maximum atomic E-state index is 13.8. The first-order chi connectivity index (χ1) is 17.8. The molecule has 0 saturated carbocycles. The van der Waals surface area contributed by atoms with Crippen LogP contribution in [0.2, 0.25) is 0 Å². The Kier molecular flexibility index (Phi) is 11.8. The Balaban J connectivity index is 2.21. The molecule has 0 radical (unpaired) electrons. The van der Waals surface area contributed by atoms with Gasteiger partial charge in [-0.2, -0.15) is 0 Å². The molecule has 0 bridgehead atoms. The predicted octanol–water partition coefficient (Wildman–Crippen LogP) is 2.98. The zero-order valence-electron chi connectivity index (χ0n) is 25.0. The second kappa shape index (κ2) is 14.1. The van der Waals surface area contributed by atoms with Crippen LogP contribution in [0, 0.1) is 11.8 Å². The van der Waals surface area contributed by atoms with Crippen molar-refractivity contribution in [1.82, 2.24) is 20.0 Å². The van der Waals surface area contributed by atoms with Gasteiger partial charge in [0.15, 0.2) is 0 Å². The van der Waals surface area contributed by atoms with Gasteiger partial charge in [0, 0.05) is 25.2 Å². The summed E-state index contributed by atoms with van der Waals surface area (Å²) in [7, 11) is 3.07. The van der Waals surface area contributed by atoms with Crippen LogP contribution in [0.4, 0.5) is 0 Å². The van der Waals surface area contributed by atoms with Crippen molar-refractivity contribution in [2.24, 2.45) is 11.8 Å². The molecule has 9 heteroatoms. The van der Waals surface area contributed by atoms with Gasteiger partial charge in [0.2, 0.25) is 17.7 Å². The summed E-state index contributed by atoms with van der Waals surface area (Å²) >= 11 is 0. The van der Waals surface area contributed by atoms with Gasteiger partial charge in [-0.1, -0.05) is 40.2 Å². The number of esters is 1. The molecule has 0 aromatic heterocycles. The number of likely N-dealkylation sites (N-methyl/N-ethyl adjacent to an activating group) is 1. The van der Waals surface area contributed by atoms with Crippen molar-refractivity contribution in [3.05, 3.63) is 11.6 Å². The Labute approximate surface area is 229 Å². The lowest BCUT2D eigenvalue weighted by molar-refractivity contribution is -0.149. The minimum Gasteiger partial charge on any atom is -0.467 e. The highest BCUT2D eigenvalue weighted by Gasteiger charge is 2.38. The smallest absolute Gasteiger partial charge is 0.328 e. The number of methoxy groups -OCH3 is 1. The summed E-state index contributed by atoms with van der Waals surface area (Å²) < 4.78 is 4.88. The molecule has 2 aliphatic heterocycles. The maximum Gasteiger partial charge on any atom is 0.328 e. The van der Waals surface area contributed by atoms with Crippen LogP contribution in [0.5, 0.6) is 0 Å². The first-order valence-electron chi connectivity index (χ1n) is 14.2. The van der Waals surface area contributed by atoms with Crippen LogP contribution in [0.25, 0.3) is 0 Å². The van der Waals surface area contributed by atoms with E-state index in [1.165, 1.54) is 7.11 Å². The molecule has 0 aliphatic carbocycles. The van der Waals surface area contributed by atoms with Gasteiger partial charge in [-0.05, 0) is 64.8 Å². The molecular weight excluding hydrogens is 484 g/mol. The van der Waals surface area contributed by atoms with Gasteiger partial charge in [-0.3, -0.25) is 19.3 Å². The molecule has 0 aromatic rings. The first-order valence-corrected chi connectivity index (χ1v) is 14.2. The molecule has 4 atom stereocenters. The van der Waals surface area contributed by atoms with Crippen molar-refractivity contribution in [1.29, 1.82) is 0 Å². The number of carbonyl (C=O) groups excluding carboxylic acids is 4. The third-order valence-electron chi connectivity index (χ3n) is 7.96. The van der Waals surface area contributed by atoms with Crippen LogP contribution < -0.4 is 5.32 Å². The van der Waals surface area contributed by atoms with Crippen LogP contribution >= 0.6 is 0 Å². The zero-order chi connectivity index (χ0) is 28.7. The van der Waals surface area contributed by atoms with E-state index in [0.717, 1.165) is 32.2 Å². The summed E-state index contributed by atoms with van der Waals surface area (Å²) in [6.07, 6.45) is 6.02. The van der Waals surface area contributed by atoms with E-state index >= 15 is 0 Å². The molecule has 38 heavy (non-hydrogen) atoms. The molecule has 0 aromatic carbocycles. The fraction of sp³-hybridized carbons (Fsp3) is 0.793. The maximum absolute atomic E-state index is 13.8. The minimum absolute atomic E-state index is 0.0278. The largest absolute Gasteiger partial charge is 0.467 e. The molecule has 3 amide bonds. The standard InChI is InChI=1S/C29H50N4O5/c1-18(2)24(17-21(7)27(35)33-16-12-14-23(33)29(37)38-9)31(8)28(36)25(19(3)4)30-26(34)22-13-10-11-15-32(22)20(5)6/h17-20,22-25H,10-16H2,1-9H3,(H,30,34)/b21-17+. The van der Waals surface area contributed by atoms with Crippen molar-refractivity contribution in [2.45, 2.75) is 111 Å². The van der Waals surface area contributed by atoms with E-state index in [4.69, 9.17) is 4.74 Å². The molecule has 216 valence electrons. The number of carbonyl (C=O) groups is 4. The van der Waals surface area contributed by atoms with E-state index in [2.05, 4.69) is 24.1 Å². The lowest BCUT2D eigenvalue weighted by Gasteiger charge is -2.39. The number of rotatable bonds is 10. The van der Waals surface area contributed by atoms with Gasteiger partial charge in [-0.15, -0.1) is 0 Å². The number of likely N-dealkylation sites (tertiary alicyclic amines) is 2. The molecule has 2 heterocycles. The number of hydrogen-bond donors (Lipinski definition) is 1. The summed E-state index contributed by atoms with van der Waals surface area (Å²) in [6.45, 7) is 15.2. The summed E-state index contributed by atoms with van der Waals surface area (Å²) in [6, 6.07) is -1.57. The Morgan fingerprint density at radius 3 is 2.11 bits per heavy atom. The molecule has 0 spiro atoms. The molecule has 2 saturated heterocycles. The quantitative estimate of drug-likeness (QED) is 0.342. The lowest BCUT2D eigenvalue weighted by atomic mass is 9.95. The SMILES string of the molecule is COC(=O)C1CCCN1C(=O)/C(C)=C/C(C(C)C)N(C)C(=O)C(NC(=O)C1CCCCN1C(C)C)C(C)C. The van der Waals surface area contributed by atoms with Gasteiger partial charge in [0.25, 0.3) is 0 Å². The van der Waals surface area contributed by atoms with E-state index in [9.17, 15) is 19.2 Å². The predicted molar refractivity (Wildman–Crippen MR) is 148 cm³/mol. The number of piperidine rings is 1. The average molecular weight is 535 g/mol. The van der Waals surface area contributed by atoms with Gasteiger partial charge in [-0.25, -0.2) is 4.79 Å². The third kappa shape index (κ3) is 7.58. The third-order valence-corrected chi connectivity index (χ3v) is 7.96. The fourth-order valence-electron chi connectivity index (χ4n) is 5.68. The fourth-order valence-corrected chi connectivity index (χ4v) is 5.68. The summed E-state index contributed by atoms with van der Waals surface area (Å²) in [5.41, 5.74) is 0.485. The highest BCUT2D eigenvalue weighted by Crippen LogP contribution is 2.24. The Bertz CT molecular complexity index is 884. The molecule has 1 N–H and O–H groups in total. The molecular formula is C29H50N4O5. The zero-order valence-corrected chi connectivity index (χ0v) is 25.0. The first kappa shape index (κ1) is 31.8. The van der Waals surface area contributed by atoms with Gasteiger partial charge in [0.1, 0.15) is 12.1 Å². The summed E-state index contributed by atoms with van der Waals surface area (Å²) in [4.78, 5) is 58.0. The number of hydrogen-bond acceptors (Lipinski definition) is 6. The van der Waals surface area contributed by atoms with Gasteiger partial charge < -0.3 is 19.9 Å². The molecule has 2 fully saturated rings. The van der Waals surface area contributed by atoms with Crippen molar-refractivity contribution >= 4 is 23.7 Å². The van der Waals surface area contributed by atoms with Crippen LogP contribution in [0.15, 0.2) is 11.6 Å². The van der Waals surface area contributed by atoms with E-state index < -0.39 is 18.1 Å². The Morgan fingerprint density at radius 2 is 1.55 bits per heavy atom. The second-order valence-corrected chi connectivity index (χ2v) is 11.8. The lowest BCUT2D eigenvalue weighted by Crippen LogP contribution is -2.58. The van der Waals surface area contributed by atoms with Crippen molar-refractivity contribution < 1.29 is 23.9 Å². The molecule has 9 nitrogen and oxygen atoms in total. The van der Waals surface area contributed by atoms with E-state index in [1.807, 2.05) is 33.8 Å². The second-order valence-electron chi connectivity index (χ2n) is 11.8. The Hall–Kier alpha value is -2.42. The van der Waals surface area contributed by atoms with Crippen molar-refractivity contribution in [3.63, 3.8) is 0 Å². The molecule has 2 aliphatic rings. The van der Waals surface area contributed by atoms with Gasteiger partial charge in [0.05, 0.1) is 19.2 Å². The summed E-state index contributed by atoms with van der Waals surface area (Å²) in [5, 5.41) is 3.07. The minimum atomic E-state index is -0.670. The highest BCUT2D eigenvalue weighted by molar-refractivity contribution is 5.96. The van der Waals surface area contributed by atoms with Crippen LogP contribution in [-0.2, 0) is 23.9 Å². The normalized spacial score (nSPS) is 22.5. The number of amides is 3. The number of nitrogens with zero attached hydrogens (tertiary/aromatic N) is 3. The van der Waals surface area contributed by atoms with E-state index in [0.29, 0.717) is 18.5 Å². The molecule has 4 unspecified atom stereocenters. The van der Waals surface area contributed by atoms with Crippen LogP contribution in [0.3, 0.4) is 0 Å². The number of nitrogens with one attached hydrogen (secondary N) is 1.